The van der Waals surface area contributed by atoms with Crippen LogP contribution in [-0.4, -0.2) is 34.8 Å². The molecule has 0 aliphatic carbocycles. The Hall–Kier alpha value is -3.68. The van der Waals surface area contributed by atoms with Gasteiger partial charge in [-0.25, -0.2) is 9.37 Å². The van der Waals surface area contributed by atoms with Crippen molar-refractivity contribution in [1.82, 2.24) is 15.2 Å². The molecule has 8 heteroatoms. The normalized spacial score (nSPS) is 16.0. The molecule has 0 spiro atoms. The molecule has 31 heavy (non-hydrogen) atoms. The molecule has 1 aromatic carbocycles. The van der Waals surface area contributed by atoms with Crippen molar-refractivity contribution < 1.29 is 23.1 Å². The Balaban J connectivity index is 1.37. The van der Waals surface area contributed by atoms with E-state index in [1.165, 1.54) is 24.7 Å². The van der Waals surface area contributed by atoms with Crippen LogP contribution in [0.15, 0.2) is 65.6 Å². The van der Waals surface area contributed by atoms with Crippen LogP contribution in [0, 0.1) is 11.7 Å². The third-order valence-corrected chi connectivity index (χ3v) is 5.16. The lowest BCUT2D eigenvalue weighted by Gasteiger charge is -2.31. The largest absolute Gasteiger partial charge is 0.472 e. The molecule has 3 aromatic rings. The first-order chi connectivity index (χ1) is 15.1. The van der Waals surface area contributed by atoms with Gasteiger partial charge in [-0.1, -0.05) is 12.1 Å². The van der Waals surface area contributed by atoms with Crippen LogP contribution >= 0.6 is 0 Å². The first kappa shape index (κ1) is 20.6. The zero-order valence-electron chi connectivity index (χ0n) is 16.8. The zero-order valence-corrected chi connectivity index (χ0v) is 16.8. The summed E-state index contributed by atoms with van der Waals surface area (Å²) in [6.45, 7) is 1.18. The number of furan rings is 1. The molecule has 1 atom stereocenters. The van der Waals surface area contributed by atoms with Crippen molar-refractivity contribution >= 4 is 11.8 Å². The Morgan fingerprint density at radius 1 is 1.26 bits per heavy atom. The number of carbonyl (C=O) groups is 2. The number of carbonyl (C=O) groups excluding carboxylic acids is 2. The number of hydrogen-bond acceptors (Lipinski definition) is 5. The van der Waals surface area contributed by atoms with E-state index in [0.717, 1.165) is 6.42 Å². The van der Waals surface area contributed by atoms with E-state index in [4.69, 9.17) is 9.15 Å². The third-order valence-electron chi connectivity index (χ3n) is 5.16. The number of likely N-dealkylation sites (tertiary alicyclic amines) is 1. The highest BCUT2D eigenvalue weighted by molar-refractivity contribution is 5.94. The summed E-state index contributed by atoms with van der Waals surface area (Å²) in [5.41, 5.74) is 1.15. The van der Waals surface area contributed by atoms with E-state index in [2.05, 4.69) is 10.3 Å². The maximum atomic E-state index is 13.4. The van der Waals surface area contributed by atoms with Gasteiger partial charge in [0, 0.05) is 37.5 Å². The van der Waals surface area contributed by atoms with E-state index >= 15 is 0 Å². The zero-order chi connectivity index (χ0) is 21.6. The second-order valence-electron chi connectivity index (χ2n) is 7.35. The van der Waals surface area contributed by atoms with Gasteiger partial charge in [0.25, 0.3) is 5.91 Å². The van der Waals surface area contributed by atoms with Gasteiger partial charge in [0.2, 0.25) is 11.8 Å². The molecule has 1 aliphatic heterocycles. The van der Waals surface area contributed by atoms with Crippen LogP contribution in [0.5, 0.6) is 11.6 Å². The molecule has 1 saturated heterocycles. The first-order valence-corrected chi connectivity index (χ1v) is 10.1. The standard InChI is InChI=1S/C23H22FN3O4/c24-19-6-1-7-20(12-19)31-22-16(4-2-9-25-22)13-26-21(28)17-5-3-10-27(14-17)23(29)18-8-11-30-15-18/h1-2,4,6-9,11-12,15,17H,3,5,10,13-14H2,(H,26,28)/t17-/m0/s1. The second kappa shape index (κ2) is 9.42. The first-order valence-electron chi connectivity index (χ1n) is 10.1. The summed E-state index contributed by atoms with van der Waals surface area (Å²) in [5, 5.41) is 2.91. The summed E-state index contributed by atoms with van der Waals surface area (Å²) in [5.74, 6) is -0.348. The lowest BCUT2D eigenvalue weighted by molar-refractivity contribution is -0.126. The highest BCUT2D eigenvalue weighted by Gasteiger charge is 2.29. The molecule has 1 fully saturated rings. The molecule has 0 radical (unpaired) electrons. The molecule has 1 N–H and O–H groups in total. The summed E-state index contributed by atoms with van der Waals surface area (Å²) in [6, 6.07) is 10.9. The summed E-state index contributed by atoms with van der Waals surface area (Å²) < 4.78 is 24.1. The van der Waals surface area contributed by atoms with Gasteiger partial charge in [-0.15, -0.1) is 0 Å². The van der Waals surface area contributed by atoms with Crippen LogP contribution in [0.1, 0.15) is 28.8 Å². The smallest absolute Gasteiger partial charge is 0.257 e. The van der Waals surface area contributed by atoms with Gasteiger partial charge >= 0.3 is 0 Å². The summed E-state index contributed by atoms with van der Waals surface area (Å²) in [6.07, 6.45) is 5.90. The minimum Gasteiger partial charge on any atom is -0.472 e. The summed E-state index contributed by atoms with van der Waals surface area (Å²) in [4.78, 5) is 31.2. The van der Waals surface area contributed by atoms with Crippen molar-refractivity contribution in [3.8, 4) is 11.6 Å². The number of rotatable bonds is 6. The van der Waals surface area contributed by atoms with Crippen LogP contribution in [0.4, 0.5) is 4.39 Å². The average Bonchev–Trinajstić information content (AvgIpc) is 3.33. The van der Waals surface area contributed by atoms with Crippen molar-refractivity contribution in [2.24, 2.45) is 5.92 Å². The number of aromatic nitrogens is 1. The second-order valence-corrected chi connectivity index (χ2v) is 7.35. The van der Waals surface area contributed by atoms with Crippen LogP contribution < -0.4 is 10.1 Å². The monoisotopic (exact) mass is 423 g/mol. The van der Waals surface area contributed by atoms with Crippen LogP contribution in [0.3, 0.4) is 0 Å². The lowest BCUT2D eigenvalue weighted by Crippen LogP contribution is -2.45. The number of benzene rings is 1. The molecular weight excluding hydrogens is 401 g/mol. The van der Waals surface area contributed by atoms with E-state index in [9.17, 15) is 14.0 Å². The maximum Gasteiger partial charge on any atom is 0.257 e. The van der Waals surface area contributed by atoms with Gasteiger partial charge < -0.3 is 19.4 Å². The quantitative estimate of drug-likeness (QED) is 0.652. The van der Waals surface area contributed by atoms with E-state index < -0.39 is 5.82 Å². The molecular formula is C23H22FN3O4. The van der Waals surface area contributed by atoms with E-state index in [-0.39, 0.29) is 24.3 Å². The molecule has 7 nitrogen and oxygen atoms in total. The Morgan fingerprint density at radius 2 is 2.16 bits per heavy atom. The lowest BCUT2D eigenvalue weighted by atomic mass is 9.96. The van der Waals surface area contributed by atoms with Crippen LogP contribution in [0.25, 0.3) is 0 Å². The predicted octanol–water partition coefficient (Wildman–Crippen LogP) is 3.77. The van der Waals surface area contributed by atoms with Crippen LogP contribution in [0.2, 0.25) is 0 Å². The number of halogens is 1. The van der Waals surface area contributed by atoms with Crippen LogP contribution in [-0.2, 0) is 11.3 Å². The fraction of sp³-hybridized carbons (Fsp3) is 0.261. The van der Waals surface area contributed by atoms with Gasteiger partial charge in [0.15, 0.2) is 0 Å². The van der Waals surface area contributed by atoms with Crippen molar-refractivity contribution in [3.05, 3.63) is 78.1 Å². The third kappa shape index (κ3) is 5.09. The van der Waals surface area contributed by atoms with Gasteiger partial charge in [0.05, 0.1) is 17.7 Å². The average molecular weight is 423 g/mol. The number of amides is 2. The van der Waals surface area contributed by atoms with Gasteiger partial charge in [-0.05, 0) is 37.1 Å². The van der Waals surface area contributed by atoms with Gasteiger partial charge in [-0.2, -0.15) is 0 Å². The Labute approximate surface area is 178 Å². The number of pyridine rings is 1. The molecule has 0 unspecified atom stereocenters. The van der Waals surface area contributed by atoms with Gasteiger partial charge in [-0.3, -0.25) is 9.59 Å². The number of nitrogens with one attached hydrogen (secondary N) is 1. The SMILES string of the molecule is O=C(NCc1cccnc1Oc1cccc(F)c1)[C@H]1CCCN(C(=O)c2ccoc2)C1. The summed E-state index contributed by atoms with van der Waals surface area (Å²) in [7, 11) is 0. The topological polar surface area (TPSA) is 84.7 Å². The highest BCUT2D eigenvalue weighted by atomic mass is 19.1. The molecule has 2 aromatic heterocycles. The Kier molecular flexibility index (Phi) is 6.26. The highest BCUT2D eigenvalue weighted by Crippen LogP contribution is 2.24. The molecule has 4 rings (SSSR count). The van der Waals surface area contributed by atoms with Gasteiger partial charge in [0.1, 0.15) is 17.8 Å². The molecule has 1 aliphatic rings. The molecule has 3 heterocycles. The van der Waals surface area contributed by atoms with Crippen molar-refractivity contribution in [2.75, 3.05) is 13.1 Å². The number of hydrogen-bond donors (Lipinski definition) is 1. The van der Waals surface area contributed by atoms with E-state index in [1.54, 1.807) is 41.4 Å². The molecule has 0 saturated carbocycles. The van der Waals surface area contributed by atoms with Crippen molar-refractivity contribution in [2.45, 2.75) is 19.4 Å². The van der Waals surface area contributed by atoms with Crippen molar-refractivity contribution in [1.29, 1.82) is 0 Å². The molecule has 2 amide bonds. The Morgan fingerprint density at radius 3 is 2.97 bits per heavy atom. The minimum atomic E-state index is -0.407. The summed E-state index contributed by atoms with van der Waals surface area (Å²) >= 11 is 0. The van der Waals surface area contributed by atoms with Crippen molar-refractivity contribution in [3.63, 3.8) is 0 Å². The fourth-order valence-corrected chi connectivity index (χ4v) is 3.56. The Bertz CT molecular complexity index is 1050. The number of ether oxygens (including phenoxy) is 1. The van der Waals surface area contributed by atoms with E-state index in [1.807, 2.05) is 0 Å². The maximum absolute atomic E-state index is 13.4. The molecule has 0 bridgehead atoms. The van der Waals surface area contributed by atoms with E-state index in [0.29, 0.717) is 42.3 Å². The molecule has 160 valence electrons. The fourth-order valence-electron chi connectivity index (χ4n) is 3.56. The predicted molar refractivity (Wildman–Crippen MR) is 110 cm³/mol. The number of piperidine rings is 1. The number of nitrogens with zero attached hydrogens (tertiary/aromatic N) is 2. The minimum absolute atomic E-state index is 0.134.